The molecule has 0 aromatic heterocycles. The molecule has 0 heterocycles. The quantitative estimate of drug-likeness (QED) is 0.679. The summed E-state index contributed by atoms with van der Waals surface area (Å²) in [4.78, 5) is 23.5. The van der Waals surface area contributed by atoms with Gasteiger partial charge in [-0.25, -0.2) is 0 Å². The average molecular weight is 238 g/mol. The molecule has 3 atom stereocenters. The summed E-state index contributed by atoms with van der Waals surface area (Å²) in [6.07, 6.45) is 2.90. The summed E-state index contributed by atoms with van der Waals surface area (Å²) in [7, 11) is 0. The number of hydrogen-bond donors (Lipinski definition) is 2. The Hall–Kier alpha value is -1.16. The minimum atomic E-state index is -1.32. The van der Waals surface area contributed by atoms with E-state index in [9.17, 15) is 19.8 Å². The molecule has 0 bridgehead atoms. The highest BCUT2D eigenvalue weighted by atomic mass is 16.4. The van der Waals surface area contributed by atoms with Crippen LogP contribution in [0.3, 0.4) is 0 Å². The van der Waals surface area contributed by atoms with Crippen LogP contribution in [0.1, 0.15) is 39.5 Å². The van der Waals surface area contributed by atoms with Crippen molar-refractivity contribution in [2.45, 2.75) is 45.6 Å². The molecular formula is C13H18O4. The van der Waals surface area contributed by atoms with Gasteiger partial charge in [-0.2, -0.15) is 0 Å². The van der Waals surface area contributed by atoms with Crippen molar-refractivity contribution >= 4 is 11.8 Å². The lowest BCUT2D eigenvalue weighted by atomic mass is 9.55. The van der Waals surface area contributed by atoms with Gasteiger partial charge in [0.1, 0.15) is 11.2 Å². The first kappa shape index (κ1) is 12.3. The molecule has 0 aromatic rings. The van der Waals surface area contributed by atoms with E-state index in [-0.39, 0.29) is 5.78 Å². The molecule has 4 heteroatoms. The monoisotopic (exact) mass is 238 g/mol. The van der Waals surface area contributed by atoms with Gasteiger partial charge in [0, 0.05) is 11.8 Å². The highest BCUT2D eigenvalue weighted by Gasteiger charge is 2.56. The van der Waals surface area contributed by atoms with Gasteiger partial charge in [0.2, 0.25) is 0 Å². The molecule has 2 N–H and O–H groups in total. The molecule has 17 heavy (non-hydrogen) atoms. The first-order chi connectivity index (χ1) is 7.83. The summed E-state index contributed by atoms with van der Waals surface area (Å²) in [5, 5.41) is 19.4. The number of rotatable bonds is 1. The average Bonchev–Trinajstić information content (AvgIpc) is 2.27. The summed E-state index contributed by atoms with van der Waals surface area (Å²) in [6.45, 7) is 3.34. The van der Waals surface area contributed by atoms with Gasteiger partial charge >= 0.3 is 5.97 Å². The molecule has 2 rings (SSSR count). The number of ketones is 1. The molecule has 0 aromatic carbocycles. The number of aliphatic hydroxyl groups excluding tert-OH is 1. The number of carboxylic acid groups (broad SMARTS) is 1. The maximum absolute atomic E-state index is 12.1. The second kappa shape index (κ2) is 3.67. The van der Waals surface area contributed by atoms with E-state index in [1.54, 1.807) is 0 Å². The molecule has 0 amide bonds. The van der Waals surface area contributed by atoms with Crippen LogP contribution in [-0.2, 0) is 9.59 Å². The van der Waals surface area contributed by atoms with Gasteiger partial charge in [0.15, 0.2) is 0 Å². The van der Waals surface area contributed by atoms with Crippen LogP contribution in [0.15, 0.2) is 11.6 Å². The van der Waals surface area contributed by atoms with Crippen LogP contribution >= 0.6 is 0 Å². The van der Waals surface area contributed by atoms with Crippen molar-refractivity contribution in [1.29, 1.82) is 0 Å². The van der Waals surface area contributed by atoms with Crippen molar-refractivity contribution in [2.75, 3.05) is 0 Å². The number of carboxylic acids is 1. The van der Waals surface area contributed by atoms with Gasteiger partial charge in [0.05, 0.1) is 6.10 Å². The number of hydrogen-bond acceptors (Lipinski definition) is 3. The van der Waals surface area contributed by atoms with E-state index in [4.69, 9.17) is 0 Å². The maximum Gasteiger partial charge on any atom is 0.316 e. The Kier molecular flexibility index (Phi) is 2.65. The van der Waals surface area contributed by atoms with E-state index in [0.717, 1.165) is 0 Å². The predicted molar refractivity (Wildman–Crippen MR) is 61.4 cm³/mol. The SMILES string of the molecule is C[C@]12CC[C@H](O)[C@](C)(C(=O)O)C1=CCCC2=O. The van der Waals surface area contributed by atoms with Crippen LogP contribution < -0.4 is 0 Å². The van der Waals surface area contributed by atoms with Crippen LogP contribution in [-0.4, -0.2) is 28.1 Å². The molecule has 0 unspecified atom stereocenters. The fourth-order valence-electron chi connectivity index (χ4n) is 3.21. The normalized spacial score (nSPS) is 41.7. The summed E-state index contributed by atoms with van der Waals surface area (Å²) < 4.78 is 0. The number of aliphatic hydroxyl groups is 1. The fourth-order valence-corrected chi connectivity index (χ4v) is 3.21. The second-order valence-corrected chi connectivity index (χ2v) is 5.47. The van der Waals surface area contributed by atoms with Gasteiger partial charge in [-0.05, 0) is 38.7 Å². The van der Waals surface area contributed by atoms with E-state index in [0.29, 0.717) is 31.3 Å². The molecule has 2 aliphatic rings. The third kappa shape index (κ3) is 1.47. The van der Waals surface area contributed by atoms with E-state index in [2.05, 4.69) is 0 Å². The minimum Gasteiger partial charge on any atom is -0.481 e. The van der Waals surface area contributed by atoms with Crippen LogP contribution in [0.25, 0.3) is 0 Å². The number of Topliss-reactive ketones (excluding diaryl/α,β-unsaturated/α-hetero) is 1. The van der Waals surface area contributed by atoms with Crippen LogP contribution in [0, 0.1) is 10.8 Å². The van der Waals surface area contributed by atoms with Gasteiger partial charge in [-0.15, -0.1) is 0 Å². The van der Waals surface area contributed by atoms with E-state index in [1.165, 1.54) is 6.92 Å². The molecule has 0 radical (unpaired) electrons. The molecule has 0 spiro atoms. The number of carbonyl (C=O) groups is 2. The topological polar surface area (TPSA) is 74.6 Å². The molecule has 4 nitrogen and oxygen atoms in total. The van der Waals surface area contributed by atoms with Crippen molar-refractivity contribution in [3.05, 3.63) is 11.6 Å². The summed E-state index contributed by atoms with van der Waals surface area (Å²) in [5.74, 6) is -0.939. The van der Waals surface area contributed by atoms with Gasteiger partial charge < -0.3 is 10.2 Å². The van der Waals surface area contributed by atoms with Gasteiger partial charge in [-0.3, -0.25) is 9.59 Å². The molecular weight excluding hydrogens is 220 g/mol. The number of carbonyl (C=O) groups excluding carboxylic acids is 1. The molecule has 1 fully saturated rings. The van der Waals surface area contributed by atoms with E-state index in [1.807, 2.05) is 13.0 Å². The first-order valence-corrected chi connectivity index (χ1v) is 5.99. The van der Waals surface area contributed by atoms with Gasteiger partial charge in [-0.1, -0.05) is 6.08 Å². The van der Waals surface area contributed by atoms with Crippen molar-refractivity contribution in [3.63, 3.8) is 0 Å². The summed E-state index contributed by atoms with van der Waals surface area (Å²) in [5.41, 5.74) is -1.40. The minimum absolute atomic E-state index is 0.106. The Labute approximate surface area is 100 Å². The van der Waals surface area contributed by atoms with E-state index >= 15 is 0 Å². The zero-order valence-electron chi connectivity index (χ0n) is 10.2. The van der Waals surface area contributed by atoms with Crippen molar-refractivity contribution in [1.82, 2.24) is 0 Å². The Morgan fingerprint density at radius 2 is 2.12 bits per heavy atom. The van der Waals surface area contributed by atoms with Crippen LogP contribution in [0.5, 0.6) is 0 Å². The first-order valence-electron chi connectivity index (χ1n) is 5.99. The summed E-state index contributed by atoms with van der Waals surface area (Å²) in [6, 6.07) is 0. The van der Waals surface area contributed by atoms with Crippen molar-refractivity contribution in [3.8, 4) is 0 Å². The third-order valence-corrected chi connectivity index (χ3v) is 4.52. The highest BCUT2D eigenvalue weighted by Crippen LogP contribution is 2.53. The third-order valence-electron chi connectivity index (χ3n) is 4.52. The Balaban J connectivity index is 2.56. The lowest BCUT2D eigenvalue weighted by Gasteiger charge is -2.48. The largest absolute Gasteiger partial charge is 0.481 e. The lowest BCUT2D eigenvalue weighted by molar-refractivity contribution is -0.156. The van der Waals surface area contributed by atoms with Crippen molar-refractivity contribution in [2.24, 2.45) is 10.8 Å². The van der Waals surface area contributed by atoms with E-state index < -0.39 is 22.9 Å². The lowest BCUT2D eigenvalue weighted by Crippen LogP contribution is -2.53. The second-order valence-electron chi connectivity index (χ2n) is 5.47. The maximum atomic E-state index is 12.1. The predicted octanol–water partition coefficient (Wildman–Crippen LogP) is 1.53. The standard InChI is InChI=1S/C13H18O4/c1-12-7-6-10(15)13(2,11(16)17)8(12)4-3-5-9(12)14/h4,10,15H,3,5-7H2,1-2H3,(H,16,17)/t10-,12-,13+/m0/s1. The number of allylic oxidation sites excluding steroid dienone is 1. The molecule has 2 aliphatic carbocycles. The smallest absolute Gasteiger partial charge is 0.316 e. The van der Waals surface area contributed by atoms with Crippen molar-refractivity contribution < 1.29 is 19.8 Å². The fraction of sp³-hybridized carbons (Fsp3) is 0.692. The Bertz CT molecular complexity index is 412. The molecule has 1 saturated carbocycles. The number of fused-ring (bicyclic) bond motifs is 1. The molecule has 94 valence electrons. The summed E-state index contributed by atoms with van der Waals surface area (Å²) >= 11 is 0. The zero-order valence-corrected chi connectivity index (χ0v) is 10.2. The Morgan fingerprint density at radius 3 is 2.71 bits per heavy atom. The highest BCUT2D eigenvalue weighted by molar-refractivity contribution is 5.93. The Morgan fingerprint density at radius 1 is 1.47 bits per heavy atom. The van der Waals surface area contributed by atoms with Crippen LogP contribution in [0.4, 0.5) is 0 Å². The molecule has 0 saturated heterocycles. The molecule has 0 aliphatic heterocycles. The zero-order chi connectivity index (χ0) is 12.8. The van der Waals surface area contributed by atoms with Gasteiger partial charge in [0.25, 0.3) is 0 Å². The number of aliphatic carboxylic acids is 1. The van der Waals surface area contributed by atoms with Crippen LogP contribution in [0.2, 0.25) is 0 Å².